The van der Waals surface area contributed by atoms with Gasteiger partial charge in [0.1, 0.15) is 25.0 Å². The van der Waals surface area contributed by atoms with Crippen molar-refractivity contribution in [1.29, 1.82) is 0 Å². The molecule has 2 saturated heterocycles. The molecule has 0 spiro atoms. The molecule has 0 saturated carbocycles. The Morgan fingerprint density at radius 3 is 2.85 bits per heavy atom. The summed E-state index contributed by atoms with van der Waals surface area (Å²) >= 11 is 0. The van der Waals surface area contributed by atoms with Crippen LogP contribution in [0.25, 0.3) is 0 Å². The van der Waals surface area contributed by atoms with Gasteiger partial charge in [0, 0.05) is 29.9 Å². The van der Waals surface area contributed by atoms with Crippen LogP contribution in [0.4, 0.5) is 0 Å². The highest BCUT2D eigenvalue weighted by Crippen LogP contribution is 2.34. The number of hydrogen-bond donors (Lipinski definition) is 1. The van der Waals surface area contributed by atoms with E-state index in [1.165, 1.54) is 17.0 Å². The van der Waals surface area contributed by atoms with Crippen molar-refractivity contribution in [2.45, 2.75) is 38.6 Å². The summed E-state index contributed by atoms with van der Waals surface area (Å²) in [6, 6.07) is 7.41. The van der Waals surface area contributed by atoms with E-state index < -0.39 is 12.6 Å². The molecule has 0 radical (unpaired) electrons. The van der Waals surface area contributed by atoms with E-state index in [-0.39, 0.29) is 55.1 Å². The van der Waals surface area contributed by atoms with Gasteiger partial charge in [-0.25, -0.2) is 0 Å². The van der Waals surface area contributed by atoms with Crippen LogP contribution in [-0.2, 0) is 34.0 Å². The topological polar surface area (TPSA) is 88.2 Å². The van der Waals surface area contributed by atoms with Crippen molar-refractivity contribution in [3.05, 3.63) is 76.9 Å². The van der Waals surface area contributed by atoms with Crippen LogP contribution in [0, 0.1) is 0 Å². The first-order chi connectivity index (χ1) is 17.7. The fraction of sp³-hybridized carbons (Fsp3) is 0.346. The lowest BCUT2D eigenvalue weighted by atomic mass is 10.0. The monoisotopic (exact) mass is 464 g/mol. The summed E-state index contributed by atoms with van der Waals surface area (Å²) in [5.74, 6) is -0.381. The van der Waals surface area contributed by atoms with E-state index in [9.17, 15) is 14.4 Å². The minimum atomic E-state index is -1.31. The minimum absolute atomic E-state index is 0.00379. The maximum Gasteiger partial charge on any atom is 0.255 e. The van der Waals surface area contributed by atoms with Crippen LogP contribution >= 0.6 is 0 Å². The summed E-state index contributed by atoms with van der Waals surface area (Å²) in [5, 5.41) is 2.71. The number of allylic oxidation sites excluding steroid dienone is 1. The van der Waals surface area contributed by atoms with Crippen molar-refractivity contribution >= 4 is 17.7 Å². The second-order valence-electron chi connectivity index (χ2n) is 8.52. The van der Waals surface area contributed by atoms with Gasteiger partial charge in [0.25, 0.3) is 5.91 Å². The smallest absolute Gasteiger partial charge is 0.255 e. The second kappa shape index (κ2) is 9.30. The number of benzene rings is 2. The third-order valence-electron chi connectivity index (χ3n) is 6.24. The Balaban J connectivity index is 1.33. The first-order valence-corrected chi connectivity index (χ1v) is 11.2. The molecule has 8 heteroatoms. The van der Waals surface area contributed by atoms with E-state index in [4.69, 9.17) is 13.6 Å². The summed E-state index contributed by atoms with van der Waals surface area (Å²) in [7, 11) is 0. The van der Waals surface area contributed by atoms with Crippen LogP contribution in [0.1, 0.15) is 44.0 Å². The van der Waals surface area contributed by atoms with E-state index in [1.807, 2.05) is 0 Å². The van der Waals surface area contributed by atoms with Crippen LogP contribution in [0.5, 0.6) is 5.75 Å². The molecule has 5 rings (SSSR count). The number of fused-ring (bicyclic) bond motifs is 1. The van der Waals surface area contributed by atoms with Gasteiger partial charge in [0.15, 0.2) is 0 Å². The van der Waals surface area contributed by atoms with E-state index in [0.29, 0.717) is 54.1 Å². The highest BCUT2D eigenvalue weighted by Gasteiger charge is 2.39. The zero-order valence-corrected chi connectivity index (χ0v) is 18.6. The van der Waals surface area contributed by atoms with Crippen molar-refractivity contribution in [3.63, 3.8) is 0 Å². The van der Waals surface area contributed by atoms with Crippen LogP contribution in [0.15, 0.2) is 54.7 Å². The number of nitrogens with one attached hydrogen (secondary N) is 1. The SMILES string of the molecule is [2H]c1cc(C([2H])Oc2cccc3c2CN(C2CCC(=C)NC2=O)C3=O)c([2H])cc1CN1CCOCC1=O. The van der Waals surface area contributed by atoms with Crippen LogP contribution in [-0.4, -0.2) is 53.3 Å². The molecule has 2 aromatic carbocycles. The molecule has 3 aliphatic rings. The molecular formula is C26H27N3O5. The number of carbonyl (C=O) groups is 3. The van der Waals surface area contributed by atoms with Crippen molar-refractivity contribution in [1.82, 2.24) is 15.1 Å². The second-order valence-corrected chi connectivity index (χ2v) is 8.52. The Morgan fingerprint density at radius 2 is 2.03 bits per heavy atom. The lowest BCUT2D eigenvalue weighted by Crippen LogP contribution is -2.49. The van der Waals surface area contributed by atoms with E-state index in [2.05, 4.69) is 11.9 Å². The molecule has 2 unspecified atom stereocenters. The van der Waals surface area contributed by atoms with Crippen molar-refractivity contribution in [3.8, 4) is 5.75 Å². The van der Waals surface area contributed by atoms with E-state index in [1.54, 1.807) is 23.1 Å². The van der Waals surface area contributed by atoms with Crippen molar-refractivity contribution in [2.24, 2.45) is 0 Å². The van der Waals surface area contributed by atoms with Gasteiger partial charge in [-0.3, -0.25) is 14.4 Å². The number of hydrogen-bond acceptors (Lipinski definition) is 5. The van der Waals surface area contributed by atoms with E-state index >= 15 is 0 Å². The molecule has 176 valence electrons. The van der Waals surface area contributed by atoms with Gasteiger partial charge < -0.3 is 24.6 Å². The van der Waals surface area contributed by atoms with Gasteiger partial charge in [-0.2, -0.15) is 0 Å². The predicted molar refractivity (Wildman–Crippen MR) is 124 cm³/mol. The molecule has 2 fully saturated rings. The maximum absolute atomic E-state index is 13.1. The number of ether oxygens (including phenoxy) is 2. The highest BCUT2D eigenvalue weighted by molar-refractivity contribution is 6.02. The van der Waals surface area contributed by atoms with Crippen molar-refractivity contribution < 1.29 is 28.0 Å². The first kappa shape index (κ1) is 18.7. The van der Waals surface area contributed by atoms with E-state index in [0.717, 1.165) is 0 Å². The number of amides is 3. The van der Waals surface area contributed by atoms with Gasteiger partial charge in [-0.1, -0.05) is 36.9 Å². The number of carbonyl (C=O) groups excluding carboxylic acids is 3. The average Bonchev–Trinajstić information content (AvgIpc) is 3.19. The largest absolute Gasteiger partial charge is 0.489 e. The highest BCUT2D eigenvalue weighted by atomic mass is 16.5. The Bertz CT molecular complexity index is 1300. The molecule has 0 bridgehead atoms. The van der Waals surface area contributed by atoms with Gasteiger partial charge in [0.2, 0.25) is 11.8 Å². The third kappa shape index (κ3) is 4.41. The lowest BCUT2D eigenvalue weighted by molar-refractivity contribution is -0.143. The zero-order chi connectivity index (χ0) is 26.3. The fourth-order valence-electron chi connectivity index (χ4n) is 4.38. The van der Waals surface area contributed by atoms with Gasteiger partial charge >= 0.3 is 0 Å². The first-order valence-electron chi connectivity index (χ1n) is 12.8. The molecule has 1 N–H and O–H groups in total. The van der Waals surface area contributed by atoms with Crippen LogP contribution in [0.3, 0.4) is 0 Å². The predicted octanol–water partition coefficient (Wildman–Crippen LogP) is 2.37. The van der Waals surface area contributed by atoms with Crippen molar-refractivity contribution in [2.75, 3.05) is 19.8 Å². The minimum Gasteiger partial charge on any atom is -0.489 e. The Kier molecular flexibility index (Phi) is 5.13. The molecule has 0 aliphatic carbocycles. The molecule has 3 aliphatic heterocycles. The summed E-state index contributed by atoms with van der Waals surface area (Å²) in [5.41, 5.74) is 2.34. The molecule has 8 nitrogen and oxygen atoms in total. The van der Waals surface area contributed by atoms with Crippen LogP contribution in [0.2, 0.25) is 0 Å². The van der Waals surface area contributed by atoms with Gasteiger partial charge in [-0.15, -0.1) is 0 Å². The molecular weight excluding hydrogens is 434 g/mol. The number of piperidine rings is 1. The Hall–Kier alpha value is -3.65. The molecule has 3 heterocycles. The standard InChI is InChI=1S/C26H27N3O5/c1-17-5-10-22(25(31)27-17)29-14-21-20(26(29)32)3-2-4-23(21)34-15-19-8-6-18(7-9-19)13-28-11-12-33-16-24(28)30/h2-4,6-9,22H,1,5,10-16H2,(H,27,31)/i6D,9D,15D. The average molecular weight is 465 g/mol. The normalized spacial score (nSPS) is 22.6. The summed E-state index contributed by atoms with van der Waals surface area (Å²) in [4.78, 5) is 40.7. The van der Waals surface area contributed by atoms with Crippen LogP contribution < -0.4 is 10.1 Å². The Labute approximate surface area is 202 Å². The summed E-state index contributed by atoms with van der Waals surface area (Å²) in [6.07, 6.45) is 1.07. The molecule has 0 aromatic heterocycles. The molecule has 3 amide bonds. The zero-order valence-electron chi connectivity index (χ0n) is 21.6. The lowest BCUT2D eigenvalue weighted by Gasteiger charge is -2.31. The third-order valence-corrected chi connectivity index (χ3v) is 6.24. The summed E-state index contributed by atoms with van der Waals surface area (Å²) in [6.45, 7) is 3.69. The maximum atomic E-state index is 13.1. The summed E-state index contributed by atoms with van der Waals surface area (Å²) < 4.78 is 36.5. The van der Waals surface area contributed by atoms with Gasteiger partial charge in [-0.05, 0) is 36.1 Å². The Morgan fingerprint density at radius 1 is 1.21 bits per heavy atom. The fourth-order valence-corrected chi connectivity index (χ4v) is 4.38. The quantitative estimate of drug-likeness (QED) is 0.709. The van der Waals surface area contributed by atoms with Gasteiger partial charge in [0.05, 0.1) is 17.3 Å². The number of nitrogens with zero attached hydrogens (tertiary/aromatic N) is 2. The molecule has 2 atom stereocenters. The number of morpholine rings is 1. The molecule has 2 aromatic rings. The molecule has 34 heavy (non-hydrogen) atoms. The number of rotatable bonds is 6.